The van der Waals surface area contributed by atoms with Crippen molar-refractivity contribution in [1.29, 1.82) is 0 Å². The molecule has 0 aromatic heterocycles. The topological polar surface area (TPSA) is 9.23 Å². The highest BCUT2D eigenvalue weighted by Gasteiger charge is 2.19. The largest absolute Gasteiger partial charge is 0.345 e. The van der Waals surface area contributed by atoms with Crippen molar-refractivity contribution >= 4 is 0 Å². The van der Waals surface area contributed by atoms with E-state index in [0.717, 1.165) is 0 Å². The minimum atomic E-state index is -2.64. The second kappa shape index (κ2) is 5.46. The second-order valence-corrected chi connectivity index (χ2v) is 3.81. The highest BCUT2D eigenvalue weighted by molar-refractivity contribution is 4.64. The lowest BCUT2D eigenvalue weighted by Crippen LogP contribution is -2.24. The Balaban J connectivity index is 3.87. The van der Waals surface area contributed by atoms with Crippen LogP contribution in [-0.4, -0.2) is 12.7 Å². The number of halogens is 2. The van der Waals surface area contributed by atoms with Gasteiger partial charge in [-0.05, 0) is 18.3 Å². The standard InChI is InChI=1S/C9H18F2O/c1-6(2)5-8(7(3)4)12-9(10)11/h6-9H,5H2,1-4H3. The summed E-state index contributed by atoms with van der Waals surface area (Å²) in [4.78, 5) is 0. The summed E-state index contributed by atoms with van der Waals surface area (Å²) in [7, 11) is 0. The smallest absolute Gasteiger partial charge is 0.319 e. The summed E-state index contributed by atoms with van der Waals surface area (Å²) in [5.74, 6) is 0.553. The fraction of sp³-hybridized carbons (Fsp3) is 1.00. The van der Waals surface area contributed by atoms with Crippen LogP contribution in [0.2, 0.25) is 0 Å². The van der Waals surface area contributed by atoms with Crippen LogP contribution in [0.15, 0.2) is 0 Å². The van der Waals surface area contributed by atoms with Gasteiger partial charge in [-0.1, -0.05) is 27.7 Å². The summed E-state index contributed by atoms with van der Waals surface area (Å²) < 4.78 is 28.2. The predicted molar refractivity (Wildman–Crippen MR) is 45.2 cm³/mol. The first-order valence-electron chi connectivity index (χ1n) is 4.37. The molecule has 0 N–H and O–H groups in total. The molecule has 0 aromatic carbocycles. The lowest BCUT2D eigenvalue weighted by molar-refractivity contribution is -0.177. The van der Waals surface area contributed by atoms with Crippen LogP contribution in [0.3, 0.4) is 0 Å². The fourth-order valence-corrected chi connectivity index (χ4v) is 1.08. The van der Waals surface area contributed by atoms with E-state index in [0.29, 0.717) is 12.3 Å². The van der Waals surface area contributed by atoms with E-state index in [1.807, 2.05) is 27.7 Å². The number of hydrogen-bond acceptors (Lipinski definition) is 1. The van der Waals surface area contributed by atoms with Gasteiger partial charge in [-0.3, -0.25) is 0 Å². The van der Waals surface area contributed by atoms with Crippen molar-refractivity contribution in [1.82, 2.24) is 0 Å². The van der Waals surface area contributed by atoms with Gasteiger partial charge in [-0.25, -0.2) is 0 Å². The maximum absolute atomic E-state index is 11.9. The summed E-state index contributed by atoms with van der Waals surface area (Å²) in [5.41, 5.74) is 0. The molecule has 0 fully saturated rings. The summed E-state index contributed by atoms with van der Waals surface area (Å²) >= 11 is 0. The van der Waals surface area contributed by atoms with Gasteiger partial charge in [0, 0.05) is 0 Å². The van der Waals surface area contributed by atoms with Crippen molar-refractivity contribution in [3.8, 4) is 0 Å². The summed E-state index contributed by atoms with van der Waals surface area (Å²) in [6.07, 6.45) is 0.382. The van der Waals surface area contributed by atoms with Crippen LogP contribution < -0.4 is 0 Å². The lowest BCUT2D eigenvalue weighted by Gasteiger charge is -2.22. The first-order valence-corrected chi connectivity index (χ1v) is 4.37. The Hall–Kier alpha value is -0.180. The van der Waals surface area contributed by atoms with Crippen LogP contribution in [0.1, 0.15) is 34.1 Å². The van der Waals surface area contributed by atoms with E-state index < -0.39 is 6.61 Å². The molecule has 1 atom stereocenters. The number of alkyl halides is 2. The number of hydrogen-bond donors (Lipinski definition) is 0. The molecule has 0 aliphatic rings. The molecule has 3 heteroatoms. The summed E-state index contributed by atoms with van der Waals surface area (Å²) in [5, 5.41) is 0. The Morgan fingerprint density at radius 1 is 1.08 bits per heavy atom. The van der Waals surface area contributed by atoms with E-state index in [4.69, 9.17) is 0 Å². The van der Waals surface area contributed by atoms with Gasteiger partial charge in [-0.15, -0.1) is 0 Å². The number of rotatable bonds is 5. The first kappa shape index (κ1) is 11.8. The van der Waals surface area contributed by atoms with Gasteiger partial charge in [0.05, 0.1) is 6.10 Å². The van der Waals surface area contributed by atoms with Gasteiger partial charge in [0.25, 0.3) is 0 Å². The van der Waals surface area contributed by atoms with E-state index >= 15 is 0 Å². The van der Waals surface area contributed by atoms with Crippen molar-refractivity contribution in [3.63, 3.8) is 0 Å². The summed E-state index contributed by atoms with van der Waals surface area (Å²) in [6, 6.07) is 0. The molecule has 0 aliphatic heterocycles. The average molecular weight is 180 g/mol. The Bertz CT molecular complexity index is 103. The molecule has 0 spiro atoms. The highest BCUT2D eigenvalue weighted by atomic mass is 19.3. The maximum atomic E-state index is 11.9. The van der Waals surface area contributed by atoms with Gasteiger partial charge >= 0.3 is 6.61 Å². The third-order valence-corrected chi connectivity index (χ3v) is 1.72. The second-order valence-electron chi connectivity index (χ2n) is 3.81. The molecule has 0 saturated heterocycles. The monoisotopic (exact) mass is 180 g/mol. The third kappa shape index (κ3) is 5.47. The van der Waals surface area contributed by atoms with Crippen LogP contribution >= 0.6 is 0 Å². The molecule has 1 unspecified atom stereocenters. The Kier molecular flexibility index (Phi) is 5.38. The Morgan fingerprint density at radius 3 is 1.83 bits per heavy atom. The molecular weight excluding hydrogens is 162 g/mol. The minimum absolute atomic E-state index is 0.154. The van der Waals surface area contributed by atoms with E-state index in [-0.39, 0.29) is 12.0 Å². The van der Waals surface area contributed by atoms with Crippen molar-refractivity contribution in [2.75, 3.05) is 0 Å². The first-order chi connectivity index (χ1) is 5.43. The molecule has 0 aliphatic carbocycles. The van der Waals surface area contributed by atoms with E-state index in [9.17, 15) is 8.78 Å². The normalized spacial score (nSPS) is 14.8. The van der Waals surface area contributed by atoms with Crippen LogP contribution in [0.5, 0.6) is 0 Å². The quantitative estimate of drug-likeness (QED) is 0.630. The van der Waals surface area contributed by atoms with Gasteiger partial charge in [0.1, 0.15) is 0 Å². The minimum Gasteiger partial charge on any atom is -0.319 e. The van der Waals surface area contributed by atoms with Gasteiger partial charge in [0.15, 0.2) is 0 Å². The van der Waals surface area contributed by atoms with Crippen LogP contribution in [0.4, 0.5) is 8.78 Å². The van der Waals surface area contributed by atoms with Gasteiger partial charge < -0.3 is 4.74 Å². The van der Waals surface area contributed by atoms with Crippen LogP contribution in [0, 0.1) is 11.8 Å². The maximum Gasteiger partial charge on any atom is 0.345 e. The van der Waals surface area contributed by atoms with Gasteiger partial charge in [-0.2, -0.15) is 8.78 Å². The zero-order chi connectivity index (χ0) is 9.72. The molecule has 1 nitrogen and oxygen atoms in total. The molecule has 0 saturated carbocycles. The van der Waals surface area contributed by atoms with E-state index in [1.54, 1.807) is 0 Å². The number of ether oxygens (including phenoxy) is 1. The SMILES string of the molecule is CC(C)CC(OC(F)F)C(C)C. The predicted octanol–water partition coefficient (Wildman–Crippen LogP) is 3.30. The van der Waals surface area contributed by atoms with Crippen molar-refractivity contribution in [3.05, 3.63) is 0 Å². The molecule has 0 bridgehead atoms. The zero-order valence-electron chi connectivity index (χ0n) is 8.18. The zero-order valence-corrected chi connectivity index (χ0v) is 8.18. The van der Waals surface area contributed by atoms with E-state index in [2.05, 4.69) is 4.74 Å². The van der Waals surface area contributed by atoms with Crippen LogP contribution in [-0.2, 0) is 4.74 Å². The molecular formula is C9H18F2O. The van der Waals surface area contributed by atoms with Crippen molar-refractivity contribution in [2.45, 2.75) is 46.8 Å². The molecule has 0 aromatic rings. The highest BCUT2D eigenvalue weighted by Crippen LogP contribution is 2.18. The van der Waals surface area contributed by atoms with Crippen molar-refractivity contribution in [2.24, 2.45) is 11.8 Å². The third-order valence-electron chi connectivity index (χ3n) is 1.72. The molecule has 0 rings (SSSR count). The average Bonchev–Trinajstić information content (AvgIpc) is 1.83. The fourth-order valence-electron chi connectivity index (χ4n) is 1.08. The van der Waals surface area contributed by atoms with Gasteiger partial charge in [0.2, 0.25) is 0 Å². The Morgan fingerprint density at radius 2 is 1.58 bits per heavy atom. The molecule has 74 valence electrons. The molecule has 0 heterocycles. The molecule has 0 amide bonds. The Labute approximate surface area is 73.1 Å². The molecule has 12 heavy (non-hydrogen) atoms. The molecule has 0 radical (unpaired) electrons. The van der Waals surface area contributed by atoms with Crippen LogP contribution in [0.25, 0.3) is 0 Å². The lowest BCUT2D eigenvalue weighted by atomic mass is 9.97. The van der Waals surface area contributed by atoms with Crippen molar-refractivity contribution < 1.29 is 13.5 Å². The van der Waals surface area contributed by atoms with E-state index in [1.165, 1.54) is 0 Å². The summed E-state index contributed by atoms with van der Waals surface area (Å²) in [6.45, 7) is 5.16.